The molecule has 1 aliphatic heterocycles. The molecule has 1 amide bonds. The van der Waals surface area contributed by atoms with Gasteiger partial charge in [-0.15, -0.1) is 0 Å². The van der Waals surface area contributed by atoms with Crippen molar-refractivity contribution in [3.05, 3.63) is 59.6 Å². The molecule has 1 aromatic heterocycles. The average molecular weight is 296 g/mol. The van der Waals surface area contributed by atoms with Gasteiger partial charge in [0.2, 0.25) is 0 Å². The second kappa shape index (κ2) is 5.33. The molecule has 1 aliphatic rings. The van der Waals surface area contributed by atoms with Crippen molar-refractivity contribution in [1.82, 2.24) is 0 Å². The Balaban J connectivity index is 1.91. The molecule has 1 N–H and O–H groups in total. The van der Waals surface area contributed by atoms with E-state index in [0.717, 1.165) is 0 Å². The molecular weight excluding hydrogens is 284 g/mol. The van der Waals surface area contributed by atoms with Crippen LogP contribution in [0.5, 0.6) is 0 Å². The Kier molecular flexibility index (Phi) is 3.34. The van der Waals surface area contributed by atoms with Crippen LogP contribution in [0.15, 0.2) is 57.8 Å². The first-order chi connectivity index (χ1) is 10.6. The normalized spacial score (nSPS) is 16.2. The summed E-state index contributed by atoms with van der Waals surface area (Å²) in [5, 5.41) is 14.4. The summed E-state index contributed by atoms with van der Waals surface area (Å²) in [6.07, 6.45) is 3.16. The quantitative estimate of drug-likeness (QED) is 0.883. The molecule has 0 saturated carbocycles. The smallest absolute Gasteiger partial charge is 0.335 e. The SMILES string of the molecule is CC1=NN(c2ccc(C(=O)O)cc2)C(=O)/C1=C/c1ccco1. The molecule has 2 aromatic rings. The zero-order valence-electron chi connectivity index (χ0n) is 11.7. The number of hydrogen-bond acceptors (Lipinski definition) is 4. The van der Waals surface area contributed by atoms with E-state index >= 15 is 0 Å². The lowest BCUT2D eigenvalue weighted by Gasteiger charge is -2.11. The fourth-order valence-electron chi connectivity index (χ4n) is 2.12. The Labute approximate surface area is 126 Å². The zero-order chi connectivity index (χ0) is 15.7. The number of hydrazone groups is 1. The molecule has 0 saturated heterocycles. The first-order valence-corrected chi connectivity index (χ1v) is 6.55. The first-order valence-electron chi connectivity index (χ1n) is 6.55. The van der Waals surface area contributed by atoms with E-state index in [2.05, 4.69) is 5.10 Å². The second-order valence-corrected chi connectivity index (χ2v) is 4.73. The largest absolute Gasteiger partial charge is 0.478 e. The summed E-state index contributed by atoms with van der Waals surface area (Å²) in [6.45, 7) is 1.73. The van der Waals surface area contributed by atoms with Crippen molar-refractivity contribution >= 4 is 29.4 Å². The van der Waals surface area contributed by atoms with Gasteiger partial charge in [0, 0.05) is 0 Å². The molecule has 0 fully saturated rings. The van der Waals surface area contributed by atoms with Crippen LogP contribution in [-0.4, -0.2) is 22.7 Å². The van der Waals surface area contributed by atoms with Crippen LogP contribution in [0, 0.1) is 0 Å². The number of carboxylic acid groups (broad SMARTS) is 1. The van der Waals surface area contributed by atoms with Crippen LogP contribution < -0.4 is 5.01 Å². The number of rotatable bonds is 3. The van der Waals surface area contributed by atoms with Crippen LogP contribution in [-0.2, 0) is 4.79 Å². The van der Waals surface area contributed by atoms with Gasteiger partial charge in [0.1, 0.15) is 5.76 Å². The molecule has 0 radical (unpaired) electrons. The molecule has 1 aromatic carbocycles. The minimum absolute atomic E-state index is 0.155. The number of furan rings is 1. The summed E-state index contributed by atoms with van der Waals surface area (Å²) in [6, 6.07) is 9.45. The third kappa shape index (κ3) is 2.42. The van der Waals surface area contributed by atoms with E-state index in [4.69, 9.17) is 9.52 Å². The van der Waals surface area contributed by atoms with Gasteiger partial charge in [0.15, 0.2) is 0 Å². The van der Waals surface area contributed by atoms with Crippen LogP contribution in [0.3, 0.4) is 0 Å². The van der Waals surface area contributed by atoms with E-state index in [1.807, 2.05) is 0 Å². The highest BCUT2D eigenvalue weighted by Gasteiger charge is 2.29. The van der Waals surface area contributed by atoms with Gasteiger partial charge in [-0.25, -0.2) is 4.79 Å². The Morgan fingerprint density at radius 3 is 2.59 bits per heavy atom. The van der Waals surface area contributed by atoms with E-state index in [9.17, 15) is 9.59 Å². The standard InChI is InChI=1S/C16H12N2O4/c1-10-14(9-13-3-2-8-22-13)15(19)18(17-10)12-6-4-11(5-7-12)16(20)21/h2-9H,1H3,(H,20,21)/b14-9+. The molecule has 22 heavy (non-hydrogen) atoms. The van der Waals surface area contributed by atoms with Crippen molar-refractivity contribution < 1.29 is 19.1 Å². The number of amides is 1. The maximum absolute atomic E-state index is 12.4. The van der Waals surface area contributed by atoms with Crippen molar-refractivity contribution in [2.45, 2.75) is 6.92 Å². The van der Waals surface area contributed by atoms with Crippen molar-refractivity contribution in [3.8, 4) is 0 Å². The van der Waals surface area contributed by atoms with Gasteiger partial charge >= 0.3 is 5.97 Å². The van der Waals surface area contributed by atoms with E-state index < -0.39 is 5.97 Å². The van der Waals surface area contributed by atoms with Gasteiger partial charge in [0.25, 0.3) is 5.91 Å². The maximum Gasteiger partial charge on any atom is 0.335 e. The summed E-state index contributed by atoms with van der Waals surface area (Å²) < 4.78 is 5.21. The first kappa shape index (κ1) is 13.8. The van der Waals surface area contributed by atoms with Gasteiger partial charge in [-0.05, 0) is 49.4 Å². The van der Waals surface area contributed by atoms with E-state index in [1.54, 1.807) is 37.3 Å². The Morgan fingerprint density at radius 2 is 2.00 bits per heavy atom. The minimum atomic E-state index is -1.02. The number of anilines is 1. The molecular formula is C16H12N2O4. The Hall–Kier alpha value is -3.15. The van der Waals surface area contributed by atoms with Gasteiger partial charge in [-0.3, -0.25) is 4.79 Å². The molecule has 6 heteroatoms. The Morgan fingerprint density at radius 1 is 1.27 bits per heavy atom. The number of benzene rings is 1. The van der Waals surface area contributed by atoms with Crippen LogP contribution in [0.25, 0.3) is 6.08 Å². The van der Waals surface area contributed by atoms with Crippen LogP contribution >= 0.6 is 0 Å². The minimum Gasteiger partial charge on any atom is -0.478 e. The summed E-state index contributed by atoms with van der Waals surface area (Å²) in [4.78, 5) is 23.3. The van der Waals surface area contributed by atoms with Crippen molar-refractivity contribution in [3.63, 3.8) is 0 Å². The van der Waals surface area contributed by atoms with Gasteiger partial charge in [-0.2, -0.15) is 10.1 Å². The second-order valence-electron chi connectivity index (χ2n) is 4.73. The van der Waals surface area contributed by atoms with Crippen LogP contribution in [0.2, 0.25) is 0 Å². The molecule has 110 valence electrons. The number of carboxylic acids is 1. The zero-order valence-corrected chi connectivity index (χ0v) is 11.7. The Bertz CT molecular complexity index is 786. The third-order valence-corrected chi connectivity index (χ3v) is 3.25. The summed E-state index contributed by atoms with van der Waals surface area (Å²) in [5.74, 6) is -0.727. The van der Waals surface area contributed by atoms with Crippen LogP contribution in [0.1, 0.15) is 23.0 Å². The highest BCUT2D eigenvalue weighted by Crippen LogP contribution is 2.25. The predicted octanol–water partition coefficient (Wildman–Crippen LogP) is 2.78. The lowest BCUT2D eigenvalue weighted by Crippen LogP contribution is -2.21. The van der Waals surface area contributed by atoms with E-state index in [-0.39, 0.29) is 11.5 Å². The maximum atomic E-state index is 12.4. The highest BCUT2D eigenvalue weighted by molar-refractivity contribution is 6.32. The number of aromatic carboxylic acids is 1. The molecule has 6 nitrogen and oxygen atoms in total. The van der Waals surface area contributed by atoms with Crippen molar-refractivity contribution in [2.24, 2.45) is 5.10 Å². The fraction of sp³-hybridized carbons (Fsp3) is 0.0625. The number of carbonyl (C=O) groups is 2. The van der Waals surface area contributed by atoms with E-state index in [0.29, 0.717) is 22.7 Å². The summed E-state index contributed by atoms with van der Waals surface area (Å²) in [5.41, 5.74) is 1.68. The molecule has 0 aliphatic carbocycles. The fourth-order valence-corrected chi connectivity index (χ4v) is 2.12. The highest BCUT2D eigenvalue weighted by atomic mass is 16.4. The van der Waals surface area contributed by atoms with Gasteiger partial charge in [0.05, 0.1) is 28.8 Å². The van der Waals surface area contributed by atoms with Crippen LogP contribution in [0.4, 0.5) is 5.69 Å². The van der Waals surface area contributed by atoms with Crippen molar-refractivity contribution in [1.29, 1.82) is 0 Å². The summed E-state index contributed by atoms with van der Waals surface area (Å²) >= 11 is 0. The molecule has 0 atom stereocenters. The lowest BCUT2D eigenvalue weighted by molar-refractivity contribution is -0.114. The lowest BCUT2D eigenvalue weighted by atomic mass is 10.1. The average Bonchev–Trinajstić information content (AvgIpc) is 3.11. The number of hydrogen-bond donors (Lipinski definition) is 1. The predicted molar refractivity (Wildman–Crippen MR) is 80.7 cm³/mol. The van der Waals surface area contributed by atoms with Gasteiger partial charge < -0.3 is 9.52 Å². The number of carbonyl (C=O) groups excluding carboxylic acids is 1. The molecule has 3 rings (SSSR count). The van der Waals surface area contributed by atoms with Crippen molar-refractivity contribution in [2.75, 3.05) is 5.01 Å². The van der Waals surface area contributed by atoms with Gasteiger partial charge in [-0.1, -0.05) is 0 Å². The monoisotopic (exact) mass is 296 g/mol. The third-order valence-electron chi connectivity index (χ3n) is 3.25. The van der Waals surface area contributed by atoms with E-state index in [1.165, 1.54) is 23.4 Å². The molecule has 0 unspecified atom stereocenters. The molecule has 2 heterocycles. The molecule has 0 spiro atoms. The summed E-state index contributed by atoms with van der Waals surface area (Å²) in [7, 11) is 0. The topological polar surface area (TPSA) is 83.1 Å². The number of nitrogens with zero attached hydrogens (tertiary/aromatic N) is 2. The molecule has 0 bridgehead atoms.